The number of amides is 5. The van der Waals surface area contributed by atoms with Crippen molar-refractivity contribution in [3.8, 4) is 21.6 Å². The first-order valence-corrected chi connectivity index (χ1v) is 32.0. The van der Waals surface area contributed by atoms with Crippen LogP contribution in [0, 0.1) is 24.0 Å². The van der Waals surface area contributed by atoms with E-state index in [1.54, 1.807) is 21.7 Å². The summed E-state index contributed by atoms with van der Waals surface area (Å²) in [5.74, 6) is -3.94. The number of aromatic nitrogens is 3. The van der Waals surface area contributed by atoms with Gasteiger partial charge in [-0.15, -0.1) is 11.3 Å². The third-order valence-electron chi connectivity index (χ3n) is 16.6. The van der Waals surface area contributed by atoms with E-state index < -0.39 is 70.3 Å². The van der Waals surface area contributed by atoms with Gasteiger partial charge >= 0.3 is 6.18 Å². The molecule has 4 N–H and O–H groups in total. The van der Waals surface area contributed by atoms with Crippen molar-refractivity contribution in [1.29, 1.82) is 0 Å². The molecular weight excluding hydrogens is 1240 g/mol. The summed E-state index contributed by atoms with van der Waals surface area (Å²) in [6.45, 7) is 16.8. The molecule has 3 fully saturated rings. The minimum Gasteiger partial charge on any atom is -0.391 e. The van der Waals surface area contributed by atoms with Crippen molar-refractivity contribution in [3.05, 3.63) is 107 Å². The molecule has 22 nitrogen and oxygen atoms in total. The average molecular weight is 1320 g/mol. The number of carbonyl (C=O) groups excluding carboxylic acids is 5. The van der Waals surface area contributed by atoms with E-state index in [-0.39, 0.29) is 118 Å². The number of hydrogen-bond acceptors (Lipinski definition) is 18. The molecule has 5 amide bonds. The van der Waals surface area contributed by atoms with E-state index >= 15 is 4.39 Å². The maximum absolute atomic E-state index is 16.2. The van der Waals surface area contributed by atoms with E-state index in [4.69, 9.17) is 23.7 Å². The number of aliphatic hydroxyl groups excluding tert-OH is 1. The van der Waals surface area contributed by atoms with Crippen LogP contribution >= 0.6 is 11.3 Å². The van der Waals surface area contributed by atoms with E-state index in [0.717, 1.165) is 33.8 Å². The number of benzene rings is 3. The Morgan fingerprint density at radius 2 is 1.32 bits per heavy atom. The Balaban J connectivity index is 0.658. The van der Waals surface area contributed by atoms with Crippen LogP contribution in [0.1, 0.15) is 81.1 Å². The molecule has 3 aromatic carbocycles. The van der Waals surface area contributed by atoms with Crippen molar-refractivity contribution in [1.82, 2.24) is 40.3 Å². The van der Waals surface area contributed by atoms with Gasteiger partial charge in [-0.05, 0) is 74.7 Å². The summed E-state index contributed by atoms with van der Waals surface area (Å²) >= 11 is 1.56. The Hall–Kier alpha value is -7.31. The molecule has 3 aliphatic heterocycles. The largest absolute Gasteiger partial charge is 0.417 e. The van der Waals surface area contributed by atoms with Crippen LogP contribution < -0.4 is 25.8 Å². The molecule has 28 heteroatoms. The molecule has 0 spiro atoms. The zero-order valence-electron chi connectivity index (χ0n) is 53.6. The number of likely N-dealkylation sites (tertiary alicyclic amines) is 1. The molecule has 5 heterocycles. The van der Waals surface area contributed by atoms with Gasteiger partial charge in [0.25, 0.3) is 5.91 Å². The molecule has 5 aromatic rings. The van der Waals surface area contributed by atoms with Crippen LogP contribution in [0.3, 0.4) is 0 Å². The number of halogens is 5. The first-order chi connectivity index (χ1) is 44.4. The Labute approximate surface area is 542 Å². The number of anilines is 3. The van der Waals surface area contributed by atoms with Crippen LogP contribution in [-0.2, 0) is 55.6 Å². The second-order valence-corrected chi connectivity index (χ2v) is 25.3. The number of nitrogens with one attached hydrogen (secondary N) is 3. The lowest BCUT2D eigenvalue weighted by atomic mass is 9.85. The van der Waals surface area contributed by atoms with Crippen LogP contribution in [0.2, 0.25) is 0 Å². The highest BCUT2D eigenvalue weighted by atomic mass is 32.1. The number of hydrogen-bond donors (Lipinski definition) is 4. The van der Waals surface area contributed by atoms with Gasteiger partial charge in [0.1, 0.15) is 23.7 Å². The lowest BCUT2D eigenvalue weighted by Gasteiger charge is -2.44. The normalized spacial score (nSPS) is 18.4. The number of thiazole rings is 1. The van der Waals surface area contributed by atoms with Crippen molar-refractivity contribution < 1.29 is 74.7 Å². The predicted octanol–water partition coefficient (Wildman–Crippen LogP) is 6.97. The van der Waals surface area contributed by atoms with Crippen molar-refractivity contribution in [2.75, 3.05) is 134 Å². The van der Waals surface area contributed by atoms with Gasteiger partial charge in [0, 0.05) is 101 Å². The Morgan fingerprint density at radius 1 is 0.731 bits per heavy atom. The number of ether oxygens (including phenoxy) is 5. The van der Waals surface area contributed by atoms with E-state index in [1.165, 1.54) is 29.4 Å². The zero-order valence-corrected chi connectivity index (χ0v) is 54.4. The fraction of sp³-hybridized carbons (Fsp3) is 0.538. The van der Waals surface area contributed by atoms with Gasteiger partial charge in [-0.25, -0.2) is 23.7 Å². The lowest BCUT2D eigenvalue weighted by molar-refractivity contribution is -0.144. The van der Waals surface area contributed by atoms with Crippen LogP contribution in [0.25, 0.3) is 21.6 Å². The molecule has 0 unspecified atom stereocenters. The predicted molar refractivity (Wildman–Crippen MR) is 339 cm³/mol. The van der Waals surface area contributed by atoms with Gasteiger partial charge < -0.3 is 64.3 Å². The molecule has 3 aliphatic rings. The molecule has 506 valence electrons. The number of aliphatic hydroxyl groups is 1. The summed E-state index contributed by atoms with van der Waals surface area (Å²) in [6, 6.07) is 10.4. The molecule has 93 heavy (non-hydrogen) atoms. The van der Waals surface area contributed by atoms with Gasteiger partial charge in [0.15, 0.2) is 0 Å². The smallest absolute Gasteiger partial charge is 0.391 e. The highest BCUT2D eigenvalue weighted by Gasteiger charge is 2.45. The van der Waals surface area contributed by atoms with E-state index in [1.807, 2.05) is 82.7 Å². The number of rotatable bonds is 29. The molecule has 0 radical (unpaired) electrons. The maximum Gasteiger partial charge on any atom is 0.417 e. The number of alkyl halides is 3. The third kappa shape index (κ3) is 19.9. The summed E-state index contributed by atoms with van der Waals surface area (Å²) < 4.78 is 100. The Kier molecular flexibility index (Phi) is 25.5. The SMILES string of the molecule is Cc1ncsc1-c1ccc(CNC(=O)[C@@H]2C[C@@H](O)CN2C(=O)[C@@H](NC(=O)CCOCCOCCOCCOCCOCCC(=O)N2CCN(c3ncc(-c4cc(NC(=O)c5ccc(F)cc5C(F)(F)F)c(N5C[C@@H](C)N(C)[C@@H](C)C5)cc4F)cn3)CC2)C(C)(C)C)cc1. The monoisotopic (exact) mass is 1320 g/mol. The summed E-state index contributed by atoms with van der Waals surface area (Å²) in [5.41, 5.74) is 2.26. The van der Waals surface area contributed by atoms with Crippen LogP contribution in [0.4, 0.5) is 39.3 Å². The summed E-state index contributed by atoms with van der Waals surface area (Å²) in [5, 5.41) is 18.9. The second kappa shape index (κ2) is 33.2. The van der Waals surface area contributed by atoms with Crippen LogP contribution in [-0.4, -0.2) is 213 Å². The molecule has 5 atom stereocenters. The van der Waals surface area contributed by atoms with Gasteiger partial charge in [0.05, 0.1) is 117 Å². The third-order valence-corrected chi connectivity index (χ3v) is 17.5. The number of nitrogens with zero attached hydrogens (tertiary/aromatic N) is 8. The molecule has 3 saturated heterocycles. The summed E-state index contributed by atoms with van der Waals surface area (Å²) in [4.78, 5) is 90.4. The van der Waals surface area contributed by atoms with Gasteiger partial charge in [-0.3, -0.25) is 28.9 Å². The fourth-order valence-electron chi connectivity index (χ4n) is 11.1. The first-order valence-electron chi connectivity index (χ1n) is 31.1. The lowest BCUT2D eigenvalue weighted by Crippen LogP contribution is -2.57. The number of carbonyl (C=O) groups is 5. The van der Waals surface area contributed by atoms with E-state index in [0.29, 0.717) is 78.3 Å². The average Bonchev–Trinajstić information content (AvgIpc) is 1.01. The van der Waals surface area contributed by atoms with Crippen molar-refractivity contribution >= 4 is 58.2 Å². The molecule has 0 aliphatic carbocycles. The number of likely N-dealkylation sites (N-methyl/N-ethyl adjacent to an activating group) is 1. The molecule has 8 rings (SSSR count). The fourth-order valence-corrected chi connectivity index (χ4v) is 12.0. The second-order valence-electron chi connectivity index (χ2n) is 24.4. The van der Waals surface area contributed by atoms with E-state index in [2.05, 4.69) is 35.8 Å². The quantitative estimate of drug-likeness (QED) is 0.0279. The van der Waals surface area contributed by atoms with Crippen LogP contribution in [0.5, 0.6) is 0 Å². The van der Waals surface area contributed by atoms with Crippen molar-refractivity contribution in [3.63, 3.8) is 0 Å². The topological polar surface area (TPSA) is 243 Å². The number of aryl methyl sites for hydroxylation is 1. The number of β-amino-alcohol motifs (C(OH)–C–C–N with tert-alkyl or cyclic N) is 1. The highest BCUT2D eigenvalue weighted by Crippen LogP contribution is 2.38. The van der Waals surface area contributed by atoms with Gasteiger partial charge in [-0.1, -0.05) is 45.0 Å². The summed E-state index contributed by atoms with van der Waals surface area (Å²) in [7, 11) is 1.96. The van der Waals surface area contributed by atoms with Crippen molar-refractivity contribution in [2.24, 2.45) is 5.41 Å². The Morgan fingerprint density at radius 3 is 1.89 bits per heavy atom. The zero-order chi connectivity index (χ0) is 67.0. The standard InChI is InChI=1S/C65H84F5N11O11S/c1-41-37-80(38-42(2)77(41)7)54-33-52(67)50(32-53(54)75-60(85)49-13-12-47(66)30-51(49)65(68,69)70)46-35-72-63(73-36-46)79-18-16-78(17-19-79)57(84)15-21-89-23-25-91-27-29-92-28-26-90-24-22-88-20-14-56(83)76-59(64(4,5)6)62(87)81-39-48(82)31-55(81)61(86)71-34-44-8-10-45(11-9-44)58-43(3)74-40-93-58/h8-13,30,32-33,35-36,40-42,48,55,59,82H,14-29,31,34,37-39H2,1-7H3,(H,71,86)(H,75,85)(H,76,83)/t41-,42+,48-,55+,59-/m1/s1. The Bertz CT molecular complexity index is 3300. The van der Waals surface area contributed by atoms with Crippen molar-refractivity contribution in [2.45, 2.75) is 104 Å². The minimum absolute atomic E-state index is 0.00802. The minimum atomic E-state index is -5.02. The number of piperazine rings is 2. The molecule has 0 saturated carbocycles. The first kappa shape index (κ1) is 71.5. The van der Waals surface area contributed by atoms with Crippen LogP contribution in [0.15, 0.2) is 72.5 Å². The van der Waals surface area contributed by atoms with Gasteiger partial charge in [0.2, 0.25) is 29.6 Å². The molecule has 0 bridgehead atoms. The summed E-state index contributed by atoms with van der Waals surface area (Å²) in [6.07, 6.45) is -2.84. The van der Waals surface area contributed by atoms with Gasteiger partial charge in [-0.2, -0.15) is 13.2 Å². The highest BCUT2D eigenvalue weighted by molar-refractivity contribution is 7.13. The molecule has 2 aromatic heterocycles. The molecular formula is C65H84F5N11O11S. The maximum atomic E-state index is 16.2. The van der Waals surface area contributed by atoms with E-state index in [9.17, 15) is 46.6 Å².